The van der Waals surface area contributed by atoms with Gasteiger partial charge in [-0.2, -0.15) is 0 Å². The first-order chi connectivity index (χ1) is 10.3. The highest BCUT2D eigenvalue weighted by Gasteiger charge is 2.12. The summed E-state index contributed by atoms with van der Waals surface area (Å²) < 4.78 is 10.8. The monoisotopic (exact) mass is 283 g/mol. The molecule has 0 aliphatic heterocycles. The van der Waals surface area contributed by atoms with Gasteiger partial charge in [-0.1, -0.05) is 18.2 Å². The Morgan fingerprint density at radius 2 is 2.10 bits per heavy atom. The number of ether oxygens (including phenoxy) is 1. The van der Waals surface area contributed by atoms with Crippen LogP contribution >= 0.6 is 0 Å². The molecule has 0 bridgehead atoms. The van der Waals surface area contributed by atoms with Crippen LogP contribution in [0.2, 0.25) is 0 Å². The van der Waals surface area contributed by atoms with Crippen LogP contribution in [0.25, 0.3) is 22.4 Å². The van der Waals surface area contributed by atoms with Crippen LogP contribution in [0.3, 0.4) is 0 Å². The summed E-state index contributed by atoms with van der Waals surface area (Å²) in [5, 5.41) is 4.23. The van der Waals surface area contributed by atoms with Crippen LogP contribution in [-0.4, -0.2) is 23.6 Å². The summed E-state index contributed by atoms with van der Waals surface area (Å²) in [5.74, 6) is 1.44. The van der Waals surface area contributed by atoms with Crippen molar-refractivity contribution >= 4 is 16.8 Å². The molecule has 0 fully saturated rings. The highest BCUT2D eigenvalue weighted by molar-refractivity contribution is 5.92. The van der Waals surface area contributed by atoms with Crippen LogP contribution in [-0.2, 0) is 11.3 Å². The largest absolute Gasteiger partial charge is 0.464 e. The number of hydrogen-bond donors (Lipinski definition) is 1. The Kier molecular flexibility index (Phi) is 3.83. The Morgan fingerprint density at radius 1 is 1.24 bits per heavy atom. The van der Waals surface area contributed by atoms with Gasteiger partial charge in [-0.05, 0) is 13.0 Å². The van der Waals surface area contributed by atoms with E-state index in [4.69, 9.17) is 9.15 Å². The zero-order valence-corrected chi connectivity index (χ0v) is 12.1. The summed E-state index contributed by atoms with van der Waals surface area (Å²) in [6.45, 7) is 3.28. The molecule has 0 saturated heterocycles. The molecule has 21 heavy (non-hydrogen) atoms. The van der Waals surface area contributed by atoms with Gasteiger partial charge in [0.05, 0.1) is 17.9 Å². The molecule has 1 aromatic carbocycles. The number of rotatable bonds is 5. The summed E-state index contributed by atoms with van der Waals surface area (Å²) in [6, 6.07) is 9.77. The Bertz CT molecular complexity index is 728. The number of methoxy groups -OCH3 is 1. The van der Waals surface area contributed by atoms with E-state index in [1.807, 2.05) is 37.3 Å². The molecule has 2 aromatic heterocycles. The van der Waals surface area contributed by atoms with Gasteiger partial charge in [-0.25, -0.2) is 9.97 Å². The zero-order chi connectivity index (χ0) is 14.7. The number of nitrogens with zero attached hydrogens (tertiary/aromatic N) is 2. The molecule has 108 valence electrons. The van der Waals surface area contributed by atoms with Gasteiger partial charge in [0, 0.05) is 25.1 Å². The number of para-hydroxylation sites is 1. The van der Waals surface area contributed by atoms with Crippen molar-refractivity contribution in [2.45, 2.75) is 13.5 Å². The van der Waals surface area contributed by atoms with Crippen molar-refractivity contribution in [1.82, 2.24) is 9.97 Å². The molecule has 0 aliphatic rings. The predicted octanol–water partition coefficient (Wildman–Crippen LogP) is 3.47. The molecule has 0 radical (unpaired) electrons. The maximum Gasteiger partial charge on any atom is 0.165 e. The number of aromatic nitrogens is 2. The summed E-state index contributed by atoms with van der Waals surface area (Å²) >= 11 is 0. The summed E-state index contributed by atoms with van der Waals surface area (Å²) in [7, 11) is 1.65. The first-order valence-corrected chi connectivity index (χ1v) is 6.89. The third kappa shape index (κ3) is 2.73. The molecular weight excluding hydrogens is 266 g/mol. The average Bonchev–Trinajstić information content (AvgIpc) is 2.92. The lowest BCUT2D eigenvalue weighted by Crippen LogP contribution is -2.04. The van der Waals surface area contributed by atoms with Crippen molar-refractivity contribution in [3.8, 4) is 11.4 Å². The molecule has 5 heteroatoms. The Balaban J connectivity index is 2.11. The third-order valence-corrected chi connectivity index (χ3v) is 3.15. The molecule has 0 unspecified atom stereocenters. The van der Waals surface area contributed by atoms with E-state index >= 15 is 0 Å². The van der Waals surface area contributed by atoms with Gasteiger partial charge in [0.2, 0.25) is 0 Å². The second kappa shape index (κ2) is 5.93. The van der Waals surface area contributed by atoms with Crippen molar-refractivity contribution in [2.24, 2.45) is 0 Å². The lowest BCUT2D eigenvalue weighted by atomic mass is 10.1. The molecular formula is C16H17N3O2. The molecule has 0 atom stereocenters. The highest BCUT2D eigenvalue weighted by Crippen LogP contribution is 2.29. The maximum atomic E-state index is 5.57. The predicted molar refractivity (Wildman–Crippen MR) is 82.1 cm³/mol. The van der Waals surface area contributed by atoms with Gasteiger partial charge in [0.25, 0.3) is 0 Å². The van der Waals surface area contributed by atoms with E-state index in [9.17, 15) is 0 Å². The second-order valence-corrected chi connectivity index (χ2v) is 4.68. The Morgan fingerprint density at radius 3 is 2.90 bits per heavy atom. The quantitative estimate of drug-likeness (QED) is 0.777. The summed E-state index contributed by atoms with van der Waals surface area (Å²) in [5.41, 5.74) is 2.56. The van der Waals surface area contributed by atoms with Crippen molar-refractivity contribution < 1.29 is 9.15 Å². The second-order valence-electron chi connectivity index (χ2n) is 4.68. The molecule has 2 heterocycles. The minimum Gasteiger partial charge on any atom is -0.464 e. The van der Waals surface area contributed by atoms with E-state index < -0.39 is 0 Å². The first kappa shape index (κ1) is 13.6. The smallest absolute Gasteiger partial charge is 0.165 e. The summed E-state index contributed by atoms with van der Waals surface area (Å²) in [6.07, 6.45) is 1.70. The van der Waals surface area contributed by atoms with Gasteiger partial charge in [-0.15, -0.1) is 0 Å². The standard InChI is InChI=1S/C16H17N3O2/c1-3-17-15-8-11(9-20-2)18-16(19-15)13-10-21-14-7-5-4-6-12(13)14/h4-8,10H,3,9H2,1-2H3,(H,17,18,19). The van der Waals surface area contributed by atoms with Gasteiger partial charge < -0.3 is 14.5 Å². The van der Waals surface area contributed by atoms with E-state index in [0.29, 0.717) is 12.4 Å². The average molecular weight is 283 g/mol. The molecule has 3 rings (SSSR count). The third-order valence-electron chi connectivity index (χ3n) is 3.15. The van der Waals surface area contributed by atoms with E-state index in [0.717, 1.165) is 34.6 Å². The van der Waals surface area contributed by atoms with Gasteiger partial charge in [0.15, 0.2) is 5.82 Å². The molecule has 0 saturated carbocycles. The van der Waals surface area contributed by atoms with E-state index in [1.54, 1.807) is 13.4 Å². The molecule has 5 nitrogen and oxygen atoms in total. The van der Waals surface area contributed by atoms with Crippen LogP contribution in [0, 0.1) is 0 Å². The minimum atomic E-state index is 0.448. The fourth-order valence-electron chi connectivity index (χ4n) is 2.26. The fourth-order valence-corrected chi connectivity index (χ4v) is 2.26. The van der Waals surface area contributed by atoms with E-state index in [1.165, 1.54) is 0 Å². The van der Waals surface area contributed by atoms with Crippen LogP contribution in [0.4, 0.5) is 5.82 Å². The molecule has 0 spiro atoms. The molecule has 1 N–H and O–H groups in total. The van der Waals surface area contributed by atoms with Gasteiger partial charge in [0.1, 0.15) is 17.7 Å². The van der Waals surface area contributed by atoms with Gasteiger partial charge >= 0.3 is 0 Å². The van der Waals surface area contributed by atoms with Crippen LogP contribution in [0.1, 0.15) is 12.6 Å². The Hall–Kier alpha value is -2.40. The van der Waals surface area contributed by atoms with Crippen molar-refractivity contribution in [2.75, 3.05) is 19.0 Å². The lowest BCUT2D eigenvalue weighted by Gasteiger charge is -2.07. The minimum absolute atomic E-state index is 0.448. The van der Waals surface area contributed by atoms with E-state index in [-0.39, 0.29) is 0 Å². The molecule has 0 amide bonds. The Labute approximate surface area is 123 Å². The normalized spacial score (nSPS) is 11.0. The number of furan rings is 1. The fraction of sp³-hybridized carbons (Fsp3) is 0.250. The van der Waals surface area contributed by atoms with Crippen molar-refractivity contribution in [3.05, 3.63) is 42.3 Å². The van der Waals surface area contributed by atoms with Gasteiger partial charge in [-0.3, -0.25) is 0 Å². The number of benzene rings is 1. The van der Waals surface area contributed by atoms with Crippen molar-refractivity contribution in [1.29, 1.82) is 0 Å². The number of fused-ring (bicyclic) bond motifs is 1. The van der Waals surface area contributed by atoms with Crippen molar-refractivity contribution in [3.63, 3.8) is 0 Å². The number of hydrogen-bond acceptors (Lipinski definition) is 5. The van der Waals surface area contributed by atoms with Crippen LogP contribution in [0.5, 0.6) is 0 Å². The zero-order valence-electron chi connectivity index (χ0n) is 12.1. The maximum absolute atomic E-state index is 5.57. The highest BCUT2D eigenvalue weighted by atomic mass is 16.5. The van der Waals surface area contributed by atoms with E-state index in [2.05, 4.69) is 15.3 Å². The summed E-state index contributed by atoms with van der Waals surface area (Å²) in [4.78, 5) is 9.12. The van der Waals surface area contributed by atoms with Crippen LogP contribution < -0.4 is 5.32 Å². The van der Waals surface area contributed by atoms with Crippen LogP contribution in [0.15, 0.2) is 41.0 Å². The number of nitrogens with one attached hydrogen (secondary N) is 1. The molecule has 0 aliphatic carbocycles. The lowest BCUT2D eigenvalue weighted by molar-refractivity contribution is 0.181. The SMILES string of the molecule is CCNc1cc(COC)nc(-c2coc3ccccc23)n1. The number of anilines is 1. The molecule has 3 aromatic rings. The topological polar surface area (TPSA) is 60.2 Å². The first-order valence-electron chi connectivity index (χ1n) is 6.89.